The molecule has 0 unspecified atom stereocenters. The van der Waals surface area contributed by atoms with Gasteiger partial charge in [-0.1, -0.05) is 27.7 Å². The van der Waals surface area contributed by atoms with Gasteiger partial charge in [0, 0.05) is 13.1 Å². The van der Waals surface area contributed by atoms with Crippen LogP contribution in [0.1, 0.15) is 60.3 Å². The molecule has 0 spiro atoms. The van der Waals surface area contributed by atoms with Crippen molar-refractivity contribution in [1.29, 1.82) is 0 Å². The van der Waals surface area contributed by atoms with E-state index in [1.807, 2.05) is 0 Å². The minimum absolute atomic E-state index is 0. The maximum absolute atomic E-state index is 12.9. The molecule has 0 radical (unpaired) electrons. The molecule has 0 aromatic rings. The summed E-state index contributed by atoms with van der Waals surface area (Å²) in [4.78, 5) is 27.2. The summed E-state index contributed by atoms with van der Waals surface area (Å²) in [6, 6.07) is -0.897. The van der Waals surface area contributed by atoms with Crippen LogP contribution in [-0.2, 0) is 23.6 Å². The first-order valence-corrected chi connectivity index (χ1v) is 12.3. The molecule has 3 N–H and O–H groups in total. The fourth-order valence-electron chi connectivity index (χ4n) is 6.33. The second kappa shape index (κ2) is 10.0. The van der Waals surface area contributed by atoms with E-state index in [-0.39, 0.29) is 53.7 Å². The van der Waals surface area contributed by atoms with Crippen LogP contribution in [0.25, 0.3) is 0 Å². The van der Waals surface area contributed by atoms with Crippen molar-refractivity contribution in [2.45, 2.75) is 84.0 Å². The lowest BCUT2D eigenvalue weighted by atomic mass is 9.43. The molecule has 33 heavy (non-hydrogen) atoms. The van der Waals surface area contributed by atoms with E-state index < -0.39 is 13.2 Å². The van der Waals surface area contributed by atoms with E-state index in [9.17, 15) is 9.59 Å². The highest BCUT2D eigenvalue weighted by atomic mass is 35.5. The number of carbonyl (C=O) groups is 2. The van der Waals surface area contributed by atoms with E-state index in [0.29, 0.717) is 44.1 Å². The monoisotopic (exact) mass is 485 g/mol. The topological polar surface area (TPSA) is 103 Å². The highest BCUT2D eigenvalue weighted by Crippen LogP contribution is 2.65. The minimum atomic E-state index is -0.897. The Balaban J connectivity index is 0.00000306. The van der Waals surface area contributed by atoms with Gasteiger partial charge in [-0.25, -0.2) is 0 Å². The van der Waals surface area contributed by atoms with Gasteiger partial charge < -0.3 is 30.0 Å². The maximum Gasteiger partial charge on any atom is 0.481 e. The fraction of sp³-hybridized carbons (Fsp3) is 0.913. The summed E-state index contributed by atoms with van der Waals surface area (Å²) in [6.07, 6.45) is 2.97. The van der Waals surface area contributed by atoms with Crippen LogP contribution < -0.4 is 11.1 Å². The fourth-order valence-corrected chi connectivity index (χ4v) is 6.33. The molecule has 5 fully saturated rings. The summed E-state index contributed by atoms with van der Waals surface area (Å²) in [7, 11) is -0.492. The lowest BCUT2D eigenvalue weighted by Crippen LogP contribution is -2.65. The molecule has 2 amide bonds. The molecular formula is C23H41BClN3O5. The maximum atomic E-state index is 12.9. The number of hydrogen-bond acceptors (Lipinski definition) is 6. The Morgan fingerprint density at radius 3 is 2.45 bits per heavy atom. The second-order valence-electron chi connectivity index (χ2n) is 11.4. The lowest BCUT2D eigenvalue weighted by Gasteiger charge is -2.64. The Kier molecular flexibility index (Phi) is 8.11. The van der Waals surface area contributed by atoms with Gasteiger partial charge in [0.25, 0.3) is 0 Å². The van der Waals surface area contributed by atoms with E-state index in [2.05, 4.69) is 39.9 Å². The Morgan fingerprint density at radius 1 is 1.18 bits per heavy atom. The van der Waals surface area contributed by atoms with E-state index in [4.69, 9.17) is 19.8 Å². The van der Waals surface area contributed by atoms with E-state index in [0.717, 1.165) is 12.8 Å². The summed E-state index contributed by atoms with van der Waals surface area (Å²) >= 11 is 0. The third-order valence-electron chi connectivity index (χ3n) is 8.45. The van der Waals surface area contributed by atoms with Crippen molar-refractivity contribution in [1.82, 2.24) is 10.2 Å². The summed E-state index contributed by atoms with van der Waals surface area (Å²) in [6.45, 7) is 13.2. The summed E-state index contributed by atoms with van der Waals surface area (Å²) < 4.78 is 18.3. The van der Waals surface area contributed by atoms with E-state index in [1.54, 1.807) is 4.90 Å². The van der Waals surface area contributed by atoms with Crippen molar-refractivity contribution in [2.75, 3.05) is 26.3 Å². The predicted molar refractivity (Wildman–Crippen MR) is 129 cm³/mol. The molecular weight excluding hydrogens is 445 g/mol. The second-order valence-corrected chi connectivity index (χ2v) is 11.4. The quantitative estimate of drug-likeness (QED) is 0.533. The molecule has 2 saturated heterocycles. The van der Waals surface area contributed by atoms with Gasteiger partial charge in [0.2, 0.25) is 11.8 Å². The van der Waals surface area contributed by atoms with Crippen LogP contribution in [-0.4, -0.2) is 73.8 Å². The number of nitrogens with one attached hydrogen (secondary N) is 1. The Morgan fingerprint density at radius 2 is 1.85 bits per heavy atom. The van der Waals surface area contributed by atoms with Crippen LogP contribution in [0.2, 0.25) is 0 Å². The largest absolute Gasteiger partial charge is 0.481 e. The Bertz CT molecular complexity index is 735. The average molecular weight is 486 g/mol. The normalized spacial score (nSPS) is 34.1. The molecule has 0 aromatic heterocycles. The first-order chi connectivity index (χ1) is 15.0. The molecule has 5 aliphatic rings. The zero-order chi connectivity index (χ0) is 23.3. The van der Waals surface area contributed by atoms with Gasteiger partial charge in [-0.15, -0.1) is 12.4 Å². The number of nitrogens with zero attached hydrogens (tertiary/aromatic N) is 1. The van der Waals surface area contributed by atoms with Crippen LogP contribution in [0, 0.1) is 23.2 Å². The van der Waals surface area contributed by atoms with Crippen molar-refractivity contribution in [3.05, 3.63) is 0 Å². The highest BCUT2D eigenvalue weighted by molar-refractivity contribution is 6.47. The van der Waals surface area contributed by atoms with Gasteiger partial charge in [-0.3, -0.25) is 9.59 Å². The van der Waals surface area contributed by atoms with Gasteiger partial charge in [0.05, 0.1) is 43.3 Å². The molecule has 5 rings (SSSR count). The van der Waals surface area contributed by atoms with Gasteiger partial charge in [-0.05, 0) is 49.4 Å². The van der Waals surface area contributed by atoms with E-state index >= 15 is 0 Å². The van der Waals surface area contributed by atoms with Crippen molar-refractivity contribution in [3.8, 4) is 0 Å². The first kappa shape index (κ1) is 26.7. The molecule has 10 heteroatoms. The van der Waals surface area contributed by atoms with Gasteiger partial charge in [0.1, 0.15) is 0 Å². The first-order valence-electron chi connectivity index (χ1n) is 12.3. The zero-order valence-corrected chi connectivity index (χ0v) is 21.5. The standard InChI is InChI=1S/C23H40BN3O5.ClH/c1-14(2)10-19(26-21(29)16(25)13-20(28)27-6-8-30-9-7-27)24-31-18-12-15-11-17(22(15,3)4)23(18,5)32-24;/h14-19H,6-13,25H2,1-5H3,(H,26,29);1H/t15-,16+,17-,18+,19-,23-;/m0./s1. The van der Waals surface area contributed by atoms with Gasteiger partial charge in [0.15, 0.2) is 0 Å². The molecule has 8 nitrogen and oxygen atoms in total. The third kappa shape index (κ3) is 5.08. The third-order valence-corrected chi connectivity index (χ3v) is 8.45. The number of hydrogen-bond donors (Lipinski definition) is 2. The summed E-state index contributed by atoms with van der Waals surface area (Å²) in [5, 5.41) is 3.07. The zero-order valence-electron chi connectivity index (χ0n) is 20.7. The minimum Gasteiger partial charge on any atom is -0.404 e. The van der Waals surface area contributed by atoms with Crippen LogP contribution in [0.3, 0.4) is 0 Å². The molecule has 2 aliphatic heterocycles. The number of morpholine rings is 1. The summed E-state index contributed by atoms with van der Waals surface area (Å²) in [5.74, 6) is 0.756. The molecule has 2 bridgehead atoms. The molecule has 3 aliphatic carbocycles. The van der Waals surface area contributed by atoms with Crippen molar-refractivity contribution < 1.29 is 23.6 Å². The van der Waals surface area contributed by atoms with E-state index in [1.165, 1.54) is 6.42 Å². The Labute approximate surface area is 204 Å². The van der Waals surface area contributed by atoms with Crippen LogP contribution in [0.5, 0.6) is 0 Å². The molecule has 3 saturated carbocycles. The molecule has 188 valence electrons. The SMILES string of the molecule is CC(C)C[C@H](NC(=O)[C@H](N)CC(=O)N1CCOCC1)B1O[C@@H]2C[C@@H]3C[C@@H](C3(C)C)[C@]2(C)O1.Cl. The number of halogens is 1. The number of amides is 2. The number of ether oxygens (including phenoxy) is 1. The van der Waals surface area contributed by atoms with Crippen molar-refractivity contribution in [2.24, 2.45) is 28.9 Å². The molecule has 0 aromatic carbocycles. The van der Waals surface area contributed by atoms with Crippen molar-refractivity contribution >= 4 is 31.3 Å². The van der Waals surface area contributed by atoms with Crippen molar-refractivity contribution in [3.63, 3.8) is 0 Å². The molecule has 2 heterocycles. The smallest absolute Gasteiger partial charge is 0.404 e. The number of nitrogens with two attached hydrogens (primary N) is 1. The summed E-state index contributed by atoms with van der Waals surface area (Å²) in [5.41, 5.74) is 6.08. The van der Waals surface area contributed by atoms with Crippen LogP contribution >= 0.6 is 12.4 Å². The molecule has 6 atom stereocenters. The highest BCUT2D eigenvalue weighted by Gasteiger charge is 2.68. The number of carbonyl (C=O) groups excluding carboxylic acids is 2. The van der Waals surface area contributed by atoms with Gasteiger partial charge in [-0.2, -0.15) is 0 Å². The van der Waals surface area contributed by atoms with Crippen LogP contribution in [0.15, 0.2) is 0 Å². The Hall–Kier alpha value is -0.865. The lowest BCUT2D eigenvalue weighted by molar-refractivity contribution is -0.199. The number of rotatable bonds is 7. The van der Waals surface area contributed by atoms with Gasteiger partial charge >= 0.3 is 7.12 Å². The van der Waals surface area contributed by atoms with Crippen LogP contribution in [0.4, 0.5) is 0 Å². The predicted octanol–water partition coefficient (Wildman–Crippen LogP) is 1.78. The average Bonchev–Trinajstić information content (AvgIpc) is 3.10.